The Balaban J connectivity index is 2.21. The van der Waals surface area contributed by atoms with Crippen molar-refractivity contribution >= 4 is 11.8 Å². The van der Waals surface area contributed by atoms with E-state index in [0.717, 1.165) is 12.6 Å². The first-order chi connectivity index (χ1) is 5.74. The molecule has 2 nitrogen and oxygen atoms in total. The van der Waals surface area contributed by atoms with Crippen molar-refractivity contribution in [3.63, 3.8) is 0 Å². The zero-order valence-corrected chi connectivity index (χ0v) is 8.81. The van der Waals surface area contributed by atoms with Crippen LogP contribution in [0.2, 0.25) is 0 Å². The van der Waals surface area contributed by atoms with Crippen molar-refractivity contribution < 1.29 is 5.11 Å². The third-order valence-electron chi connectivity index (χ3n) is 2.44. The molecule has 1 saturated heterocycles. The molecule has 1 aliphatic heterocycles. The predicted molar refractivity (Wildman–Crippen MR) is 54.6 cm³/mol. The van der Waals surface area contributed by atoms with Crippen LogP contribution in [0.1, 0.15) is 13.3 Å². The Morgan fingerprint density at radius 1 is 1.67 bits per heavy atom. The van der Waals surface area contributed by atoms with Crippen molar-refractivity contribution in [3.05, 3.63) is 0 Å². The Morgan fingerprint density at radius 3 is 2.92 bits per heavy atom. The minimum Gasteiger partial charge on any atom is -0.396 e. The largest absolute Gasteiger partial charge is 0.396 e. The van der Waals surface area contributed by atoms with E-state index in [2.05, 4.69) is 18.9 Å². The molecule has 0 saturated carbocycles. The summed E-state index contributed by atoms with van der Waals surface area (Å²) in [5.41, 5.74) is 0. The number of nitrogens with zero attached hydrogens (tertiary/aromatic N) is 1. The van der Waals surface area contributed by atoms with E-state index >= 15 is 0 Å². The number of rotatable bonds is 4. The van der Waals surface area contributed by atoms with Crippen LogP contribution < -0.4 is 0 Å². The minimum absolute atomic E-state index is 0.310. The van der Waals surface area contributed by atoms with E-state index in [1.807, 2.05) is 11.8 Å². The lowest BCUT2D eigenvalue weighted by Gasteiger charge is -2.25. The van der Waals surface area contributed by atoms with Crippen LogP contribution in [0.25, 0.3) is 0 Å². The SMILES string of the molecule is CC(CO)CN(C)C1CCSC1. The molecule has 1 aliphatic rings. The van der Waals surface area contributed by atoms with E-state index < -0.39 is 0 Å². The third kappa shape index (κ3) is 2.96. The fourth-order valence-corrected chi connectivity index (χ4v) is 2.87. The second kappa shape index (κ2) is 5.10. The molecule has 12 heavy (non-hydrogen) atoms. The molecule has 3 heteroatoms. The molecule has 1 N–H and O–H groups in total. The van der Waals surface area contributed by atoms with Crippen molar-refractivity contribution in [2.45, 2.75) is 19.4 Å². The molecule has 0 bridgehead atoms. The number of thioether (sulfide) groups is 1. The van der Waals surface area contributed by atoms with Gasteiger partial charge >= 0.3 is 0 Å². The number of aliphatic hydroxyl groups is 1. The summed E-state index contributed by atoms with van der Waals surface area (Å²) in [7, 11) is 2.17. The fraction of sp³-hybridized carbons (Fsp3) is 1.00. The molecule has 1 heterocycles. The normalized spacial score (nSPS) is 26.5. The highest BCUT2D eigenvalue weighted by Crippen LogP contribution is 2.21. The van der Waals surface area contributed by atoms with Crippen molar-refractivity contribution in [2.24, 2.45) is 5.92 Å². The molecule has 0 amide bonds. The highest BCUT2D eigenvalue weighted by Gasteiger charge is 2.20. The maximum atomic E-state index is 8.89. The molecule has 0 aromatic carbocycles. The van der Waals surface area contributed by atoms with E-state index in [1.165, 1.54) is 17.9 Å². The average Bonchev–Trinajstić information content (AvgIpc) is 2.56. The number of hydrogen-bond donors (Lipinski definition) is 1. The van der Waals surface area contributed by atoms with Gasteiger partial charge in [-0.25, -0.2) is 0 Å². The van der Waals surface area contributed by atoms with Crippen LogP contribution >= 0.6 is 11.8 Å². The summed E-state index contributed by atoms with van der Waals surface area (Å²) in [6, 6.07) is 0.754. The summed E-state index contributed by atoms with van der Waals surface area (Å²) >= 11 is 2.04. The summed E-state index contributed by atoms with van der Waals surface area (Å²) in [4.78, 5) is 2.39. The van der Waals surface area contributed by atoms with Crippen LogP contribution in [0.15, 0.2) is 0 Å². The van der Waals surface area contributed by atoms with Crippen molar-refractivity contribution in [1.82, 2.24) is 4.90 Å². The quantitative estimate of drug-likeness (QED) is 0.715. The van der Waals surface area contributed by atoms with Gasteiger partial charge in [0.05, 0.1) is 0 Å². The second-order valence-corrected chi connectivity index (χ2v) is 4.89. The molecular formula is C9H19NOS. The van der Waals surface area contributed by atoms with Crippen LogP contribution in [-0.2, 0) is 0 Å². The first-order valence-corrected chi connectivity index (χ1v) is 5.78. The highest BCUT2D eigenvalue weighted by molar-refractivity contribution is 7.99. The van der Waals surface area contributed by atoms with Gasteiger partial charge in [-0.15, -0.1) is 0 Å². The monoisotopic (exact) mass is 189 g/mol. The second-order valence-electron chi connectivity index (χ2n) is 3.74. The molecule has 1 fully saturated rings. The van der Waals surface area contributed by atoms with Crippen molar-refractivity contribution in [2.75, 3.05) is 31.7 Å². The van der Waals surface area contributed by atoms with E-state index in [9.17, 15) is 0 Å². The fourth-order valence-electron chi connectivity index (χ4n) is 1.57. The maximum Gasteiger partial charge on any atom is 0.0468 e. The molecule has 0 aliphatic carbocycles. The lowest BCUT2D eigenvalue weighted by atomic mass is 10.1. The summed E-state index contributed by atoms with van der Waals surface area (Å²) in [6.45, 7) is 3.44. The molecule has 2 unspecified atom stereocenters. The van der Waals surface area contributed by atoms with Gasteiger partial charge in [0.1, 0.15) is 0 Å². The minimum atomic E-state index is 0.310. The van der Waals surface area contributed by atoms with E-state index in [-0.39, 0.29) is 0 Å². The third-order valence-corrected chi connectivity index (χ3v) is 3.59. The number of aliphatic hydroxyl groups excluding tert-OH is 1. The Hall–Kier alpha value is 0.270. The smallest absolute Gasteiger partial charge is 0.0468 e. The summed E-state index contributed by atoms with van der Waals surface area (Å²) in [5.74, 6) is 3.00. The van der Waals surface area contributed by atoms with Gasteiger partial charge in [-0.05, 0) is 25.1 Å². The van der Waals surface area contributed by atoms with Crippen LogP contribution in [0, 0.1) is 5.92 Å². The topological polar surface area (TPSA) is 23.5 Å². The van der Waals surface area contributed by atoms with Gasteiger partial charge in [-0.3, -0.25) is 0 Å². The lowest BCUT2D eigenvalue weighted by molar-refractivity contribution is 0.169. The Kier molecular flexibility index (Phi) is 4.40. The van der Waals surface area contributed by atoms with E-state index in [0.29, 0.717) is 12.5 Å². The lowest BCUT2D eigenvalue weighted by Crippen LogP contribution is -2.35. The van der Waals surface area contributed by atoms with Crippen molar-refractivity contribution in [3.8, 4) is 0 Å². The average molecular weight is 189 g/mol. The van der Waals surface area contributed by atoms with Gasteiger partial charge < -0.3 is 10.0 Å². The van der Waals surface area contributed by atoms with Crippen LogP contribution in [0.5, 0.6) is 0 Å². The molecular weight excluding hydrogens is 170 g/mol. The van der Waals surface area contributed by atoms with E-state index in [1.54, 1.807) is 0 Å². The molecule has 0 aromatic heterocycles. The van der Waals surface area contributed by atoms with Gasteiger partial charge in [0.15, 0.2) is 0 Å². The Bertz CT molecular complexity index is 126. The first-order valence-electron chi connectivity index (χ1n) is 4.63. The molecule has 2 atom stereocenters. The molecule has 1 rings (SSSR count). The van der Waals surface area contributed by atoms with Gasteiger partial charge in [-0.1, -0.05) is 6.92 Å². The molecule has 0 aromatic rings. The summed E-state index contributed by atoms with van der Waals surface area (Å²) < 4.78 is 0. The number of hydrogen-bond acceptors (Lipinski definition) is 3. The first kappa shape index (κ1) is 10.4. The molecule has 72 valence electrons. The summed E-state index contributed by atoms with van der Waals surface area (Å²) in [6.07, 6.45) is 1.32. The molecule has 0 spiro atoms. The molecule has 0 radical (unpaired) electrons. The zero-order valence-electron chi connectivity index (χ0n) is 7.99. The Morgan fingerprint density at radius 2 is 2.42 bits per heavy atom. The van der Waals surface area contributed by atoms with Crippen LogP contribution in [-0.4, -0.2) is 47.8 Å². The van der Waals surface area contributed by atoms with Gasteiger partial charge in [0.25, 0.3) is 0 Å². The predicted octanol–water partition coefficient (Wildman–Crippen LogP) is 1.05. The maximum absolute atomic E-state index is 8.89. The van der Waals surface area contributed by atoms with Crippen molar-refractivity contribution in [1.29, 1.82) is 0 Å². The zero-order chi connectivity index (χ0) is 8.97. The van der Waals surface area contributed by atoms with Gasteiger partial charge in [0.2, 0.25) is 0 Å². The van der Waals surface area contributed by atoms with Gasteiger partial charge in [0, 0.05) is 24.9 Å². The highest BCUT2D eigenvalue weighted by atomic mass is 32.2. The van der Waals surface area contributed by atoms with Crippen LogP contribution in [0.3, 0.4) is 0 Å². The van der Waals surface area contributed by atoms with Gasteiger partial charge in [-0.2, -0.15) is 11.8 Å². The summed E-state index contributed by atoms with van der Waals surface area (Å²) in [5, 5.41) is 8.89. The Labute approximate surface area is 79.3 Å². The van der Waals surface area contributed by atoms with Crippen LogP contribution in [0.4, 0.5) is 0 Å². The van der Waals surface area contributed by atoms with E-state index in [4.69, 9.17) is 5.11 Å². The standard InChI is InChI=1S/C9H19NOS/c1-8(6-11)5-10(2)9-3-4-12-7-9/h8-9,11H,3-7H2,1-2H3.